The van der Waals surface area contributed by atoms with Crippen molar-refractivity contribution in [2.24, 2.45) is 0 Å². The molecule has 0 bridgehead atoms. The van der Waals surface area contributed by atoms with E-state index >= 15 is 0 Å². The first-order chi connectivity index (χ1) is 11.8. The van der Waals surface area contributed by atoms with E-state index in [1.165, 1.54) is 11.8 Å². The Balaban J connectivity index is 2.47. The van der Waals surface area contributed by atoms with Crippen molar-refractivity contribution in [3.05, 3.63) is 71.1 Å². The van der Waals surface area contributed by atoms with Crippen molar-refractivity contribution in [1.29, 1.82) is 0 Å². The molecule has 0 aliphatic carbocycles. The summed E-state index contributed by atoms with van der Waals surface area (Å²) in [5, 5.41) is 0. The Labute approximate surface area is 148 Å². The number of esters is 1. The highest BCUT2D eigenvalue weighted by atomic mass is 32.2. The third kappa shape index (κ3) is 5.27. The molecule has 2 nitrogen and oxygen atoms in total. The molecule has 0 radical (unpaired) electrons. The summed E-state index contributed by atoms with van der Waals surface area (Å²) in [7, 11) is 0. The number of hydrogen-bond donors (Lipinski definition) is 0. The molecule has 2 rings (SSSR count). The Kier molecular flexibility index (Phi) is 7.63. The molecule has 0 heterocycles. The van der Waals surface area contributed by atoms with E-state index in [0.29, 0.717) is 11.5 Å². The van der Waals surface area contributed by atoms with Crippen LogP contribution in [0.5, 0.6) is 0 Å². The Morgan fingerprint density at radius 3 is 2.17 bits per heavy atom. The molecule has 3 heteroatoms. The van der Waals surface area contributed by atoms with Crippen LogP contribution in [0.15, 0.2) is 70.5 Å². The second-order valence-corrected chi connectivity index (χ2v) is 6.50. The summed E-state index contributed by atoms with van der Waals surface area (Å²) >= 11 is 1.50. The van der Waals surface area contributed by atoms with Crippen LogP contribution in [0.4, 0.5) is 0 Å². The molecular formula is C21H24O2S. The number of ether oxygens (including phenoxy) is 1. The van der Waals surface area contributed by atoms with E-state index in [9.17, 15) is 4.79 Å². The maximum absolute atomic E-state index is 12.6. The molecule has 0 aliphatic heterocycles. The van der Waals surface area contributed by atoms with E-state index in [1.807, 2.05) is 55.5 Å². The van der Waals surface area contributed by atoms with Crippen LogP contribution in [-0.2, 0) is 9.53 Å². The standard InChI is InChI=1S/C21H24O2S/c1-3-5-16-19(17-12-8-6-9-13-17)20(21(22)23-4-2)24-18-14-10-7-11-15-18/h6-15H,3-5,16H2,1-2H3/b20-19-. The third-order valence-electron chi connectivity index (χ3n) is 3.60. The van der Waals surface area contributed by atoms with Gasteiger partial charge in [-0.1, -0.05) is 73.6 Å². The predicted octanol–water partition coefficient (Wildman–Crippen LogP) is 5.94. The van der Waals surface area contributed by atoms with E-state index in [4.69, 9.17) is 4.74 Å². The number of rotatable bonds is 8. The van der Waals surface area contributed by atoms with E-state index in [0.717, 1.165) is 35.3 Å². The van der Waals surface area contributed by atoms with E-state index < -0.39 is 0 Å². The van der Waals surface area contributed by atoms with Crippen molar-refractivity contribution in [2.75, 3.05) is 6.61 Å². The maximum Gasteiger partial charge on any atom is 0.345 e. The summed E-state index contributed by atoms with van der Waals surface area (Å²) in [6.45, 7) is 4.39. The molecule has 0 N–H and O–H groups in total. The van der Waals surface area contributed by atoms with Crippen LogP contribution >= 0.6 is 11.8 Å². The monoisotopic (exact) mass is 340 g/mol. The normalized spacial score (nSPS) is 11.8. The molecular weight excluding hydrogens is 316 g/mol. The molecule has 24 heavy (non-hydrogen) atoms. The summed E-state index contributed by atoms with van der Waals surface area (Å²) in [6, 6.07) is 20.1. The second-order valence-electron chi connectivity index (χ2n) is 5.41. The molecule has 0 amide bonds. The van der Waals surface area contributed by atoms with Crippen molar-refractivity contribution in [1.82, 2.24) is 0 Å². The van der Waals surface area contributed by atoms with Gasteiger partial charge in [-0.25, -0.2) is 4.79 Å². The average Bonchev–Trinajstić information content (AvgIpc) is 2.63. The van der Waals surface area contributed by atoms with Gasteiger partial charge in [0.05, 0.1) is 6.61 Å². The minimum absolute atomic E-state index is 0.235. The van der Waals surface area contributed by atoms with Gasteiger partial charge in [0.2, 0.25) is 0 Å². The van der Waals surface area contributed by atoms with Gasteiger partial charge in [-0.05, 0) is 43.0 Å². The van der Waals surface area contributed by atoms with Gasteiger partial charge in [0.25, 0.3) is 0 Å². The highest BCUT2D eigenvalue weighted by Gasteiger charge is 2.19. The fourth-order valence-corrected chi connectivity index (χ4v) is 3.43. The topological polar surface area (TPSA) is 26.3 Å². The smallest absolute Gasteiger partial charge is 0.345 e. The minimum atomic E-state index is -0.235. The Morgan fingerprint density at radius 2 is 1.58 bits per heavy atom. The van der Waals surface area contributed by atoms with Crippen LogP contribution in [0.25, 0.3) is 5.57 Å². The maximum atomic E-state index is 12.6. The molecule has 0 aromatic heterocycles. The van der Waals surface area contributed by atoms with E-state index in [-0.39, 0.29) is 5.97 Å². The molecule has 0 fully saturated rings. The van der Waals surface area contributed by atoms with Crippen molar-refractivity contribution in [3.8, 4) is 0 Å². The molecule has 2 aromatic rings. The second kappa shape index (κ2) is 9.99. The first kappa shape index (κ1) is 18.3. The summed E-state index contributed by atoms with van der Waals surface area (Å²) in [4.78, 5) is 14.4. The highest BCUT2D eigenvalue weighted by molar-refractivity contribution is 8.04. The predicted molar refractivity (Wildman–Crippen MR) is 102 cm³/mol. The van der Waals surface area contributed by atoms with Crippen LogP contribution in [-0.4, -0.2) is 12.6 Å². The minimum Gasteiger partial charge on any atom is -0.462 e. The lowest BCUT2D eigenvalue weighted by atomic mass is 10.00. The van der Waals surface area contributed by atoms with Gasteiger partial charge in [0, 0.05) is 4.90 Å². The van der Waals surface area contributed by atoms with Gasteiger partial charge >= 0.3 is 5.97 Å². The van der Waals surface area contributed by atoms with Gasteiger partial charge in [-0.2, -0.15) is 0 Å². The number of carbonyl (C=O) groups is 1. The van der Waals surface area contributed by atoms with Gasteiger partial charge in [-0.15, -0.1) is 0 Å². The molecule has 0 atom stereocenters. The SMILES string of the molecule is CCCC/C(=C(/Sc1ccccc1)C(=O)OCC)c1ccccc1. The first-order valence-electron chi connectivity index (χ1n) is 8.44. The fraction of sp³-hybridized carbons (Fsp3) is 0.286. The molecule has 0 unspecified atom stereocenters. The zero-order chi connectivity index (χ0) is 17.2. The van der Waals surface area contributed by atoms with Crippen molar-refractivity contribution in [2.45, 2.75) is 38.0 Å². The number of thioether (sulfide) groups is 1. The fourth-order valence-electron chi connectivity index (χ4n) is 2.41. The Morgan fingerprint density at radius 1 is 0.958 bits per heavy atom. The van der Waals surface area contributed by atoms with Crippen molar-refractivity contribution < 1.29 is 9.53 Å². The van der Waals surface area contributed by atoms with Crippen LogP contribution in [0, 0.1) is 0 Å². The molecule has 0 saturated heterocycles. The largest absolute Gasteiger partial charge is 0.462 e. The van der Waals surface area contributed by atoms with Gasteiger partial charge in [0.1, 0.15) is 4.91 Å². The van der Waals surface area contributed by atoms with Crippen molar-refractivity contribution >= 4 is 23.3 Å². The average molecular weight is 340 g/mol. The number of unbranched alkanes of at least 4 members (excludes halogenated alkanes) is 1. The van der Waals surface area contributed by atoms with Crippen LogP contribution in [0.2, 0.25) is 0 Å². The van der Waals surface area contributed by atoms with Gasteiger partial charge in [-0.3, -0.25) is 0 Å². The van der Waals surface area contributed by atoms with E-state index in [1.54, 1.807) is 0 Å². The number of carbonyl (C=O) groups excluding carboxylic acids is 1. The van der Waals surface area contributed by atoms with Crippen LogP contribution in [0.1, 0.15) is 38.7 Å². The summed E-state index contributed by atoms with van der Waals surface area (Å²) in [5.74, 6) is -0.235. The molecule has 2 aromatic carbocycles. The summed E-state index contributed by atoms with van der Waals surface area (Å²) < 4.78 is 5.34. The third-order valence-corrected chi connectivity index (χ3v) is 4.73. The number of allylic oxidation sites excluding steroid dienone is 1. The Bertz CT molecular complexity index is 663. The first-order valence-corrected chi connectivity index (χ1v) is 9.26. The van der Waals surface area contributed by atoms with Crippen LogP contribution in [0.3, 0.4) is 0 Å². The van der Waals surface area contributed by atoms with Gasteiger partial charge < -0.3 is 4.74 Å². The molecule has 0 spiro atoms. The van der Waals surface area contributed by atoms with E-state index in [2.05, 4.69) is 19.1 Å². The Hall–Kier alpha value is -2.00. The molecule has 0 aliphatic rings. The van der Waals surface area contributed by atoms with Gasteiger partial charge in [0.15, 0.2) is 0 Å². The quantitative estimate of drug-likeness (QED) is 0.338. The highest BCUT2D eigenvalue weighted by Crippen LogP contribution is 2.36. The zero-order valence-electron chi connectivity index (χ0n) is 14.3. The van der Waals surface area contributed by atoms with Crippen LogP contribution < -0.4 is 0 Å². The lowest BCUT2D eigenvalue weighted by Gasteiger charge is -2.15. The summed E-state index contributed by atoms with van der Waals surface area (Å²) in [5.41, 5.74) is 2.17. The lowest BCUT2D eigenvalue weighted by molar-refractivity contribution is -0.137. The lowest BCUT2D eigenvalue weighted by Crippen LogP contribution is -2.08. The molecule has 0 saturated carbocycles. The number of hydrogen-bond acceptors (Lipinski definition) is 3. The zero-order valence-corrected chi connectivity index (χ0v) is 15.1. The van der Waals surface area contributed by atoms with Crippen molar-refractivity contribution in [3.63, 3.8) is 0 Å². The molecule has 126 valence electrons. The summed E-state index contributed by atoms with van der Waals surface area (Å²) in [6.07, 6.45) is 3.00. The number of benzene rings is 2.